The summed E-state index contributed by atoms with van der Waals surface area (Å²) in [4.78, 5) is 22.6. The van der Waals surface area contributed by atoms with Crippen molar-refractivity contribution in [3.8, 4) is 5.88 Å². The fourth-order valence-electron chi connectivity index (χ4n) is 3.03. The van der Waals surface area contributed by atoms with Crippen LogP contribution in [-0.4, -0.2) is 31.9 Å². The van der Waals surface area contributed by atoms with Crippen LogP contribution in [0.4, 0.5) is 0 Å². The number of allylic oxidation sites excluding steroid dienone is 1. The zero-order chi connectivity index (χ0) is 19.4. The molecule has 0 aliphatic rings. The number of aliphatic imine (C=N–C) groups is 1. The molecule has 2 aromatic heterocycles. The Labute approximate surface area is 161 Å². The van der Waals surface area contributed by atoms with E-state index in [4.69, 9.17) is 12.2 Å². The molecule has 7 heteroatoms. The van der Waals surface area contributed by atoms with Crippen LogP contribution in [0.1, 0.15) is 24.5 Å². The summed E-state index contributed by atoms with van der Waals surface area (Å²) in [6.45, 7) is 5.98. The average molecular weight is 382 g/mol. The number of rotatable bonds is 7. The van der Waals surface area contributed by atoms with E-state index < -0.39 is 5.56 Å². The van der Waals surface area contributed by atoms with Crippen LogP contribution in [-0.2, 0) is 13.0 Å². The van der Waals surface area contributed by atoms with Gasteiger partial charge in [0.2, 0.25) is 5.88 Å². The van der Waals surface area contributed by atoms with E-state index in [-0.39, 0.29) is 22.3 Å². The van der Waals surface area contributed by atoms with Crippen LogP contribution in [0.25, 0.3) is 10.9 Å². The van der Waals surface area contributed by atoms with Crippen molar-refractivity contribution in [3.05, 3.63) is 69.4 Å². The third-order valence-corrected chi connectivity index (χ3v) is 4.86. The van der Waals surface area contributed by atoms with Gasteiger partial charge in [0.1, 0.15) is 5.56 Å². The molecule has 3 aromatic rings. The van der Waals surface area contributed by atoms with Crippen molar-refractivity contribution < 1.29 is 5.11 Å². The lowest BCUT2D eigenvalue weighted by Gasteiger charge is -2.11. The summed E-state index contributed by atoms with van der Waals surface area (Å²) in [5, 5.41) is 11.6. The van der Waals surface area contributed by atoms with Gasteiger partial charge in [-0.2, -0.15) is 0 Å². The van der Waals surface area contributed by atoms with Crippen LogP contribution in [0.15, 0.2) is 52.9 Å². The van der Waals surface area contributed by atoms with E-state index in [1.807, 2.05) is 31.3 Å². The van der Waals surface area contributed by atoms with E-state index in [9.17, 15) is 9.90 Å². The Morgan fingerprint density at radius 1 is 1.41 bits per heavy atom. The molecule has 0 spiro atoms. The second kappa shape index (κ2) is 8.18. The Morgan fingerprint density at radius 2 is 2.19 bits per heavy atom. The van der Waals surface area contributed by atoms with Crippen molar-refractivity contribution in [3.63, 3.8) is 0 Å². The summed E-state index contributed by atoms with van der Waals surface area (Å²) >= 11 is 5.08. The normalized spacial score (nSPS) is 12.6. The zero-order valence-corrected chi connectivity index (χ0v) is 15.9. The Bertz CT molecular complexity index is 1110. The number of hydrogen-bond donors (Lipinski definition) is 3. The quantitative estimate of drug-likeness (QED) is 0.331. The van der Waals surface area contributed by atoms with E-state index in [1.54, 1.807) is 6.08 Å². The minimum atomic E-state index is -0.455. The lowest BCUT2D eigenvalue weighted by atomic mass is 10.0. The van der Waals surface area contributed by atoms with Gasteiger partial charge in [-0.1, -0.05) is 31.2 Å². The van der Waals surface area contributed by atoms with Crippen molar-refractivity contribution >= 4 is 29.3 Å². The highest BCUT2D eigenvalue weighted by atomic mass is 32.1. The highest BCUT2D eigenvalue weighted by Gasteiger charge is 2.13. The summed E-state index contributed by atoms with van der Waals surface area (Å²) in [6, 6.07) is 8.10. The summed E-state index contributed by atoms with van der Waals surface area (Å²) < 4.78 is 1.56. The fourth-order valence-corrected chi connectivity index (χ4v) is 3.28. The second-order valence-electron chi connectivity index (χ2n) is 6.30. The first-order valence-corrected chi connectivity index (χ1v) is 9.21. The standard InChI is InChI=1S/C20H22N4O2S/c1-3-9-24-19(26)16(18(25)23-20(24)27)12-21-14(4-2)10-13-11-22-17-8-6-5-7-15(13)17/h3,5-8,11-12,14,22,26H,1,4,9-10H2,2H3,(H,23,25,27)/t14-/m0/s1. The number of nitrogens with one attached hydrogen (secondary N) is 2. The molecule has 27 heavy (non-hydrogen) atoms. The van der Waals surface area contributed by atoms with Crippen LogP contribution in [0.2, 0.25) is 0 Å². The van der Waals surface area contributed by atoms with Crippen LogP contribution >= 0.6 is 12.2 Å². The maximum atomic E-state index is 12.2. The van der Waals surface area contributed by atoms with E-state index in [0.29, 0.717) is 6.54 Å². The number of benzene rings is 1. The largest absolute Gasteiger partial charge is 0.494 e. The number of hydrogen-bond acceptors (Lipinski definition) is 4. The highest BCUT2D eigenvalue weighted by Crippen LogP contribution is 2.21. The third kappa shape index (κ3) is 3.93. The minimum Gasteiger partial charge on any atom is -0.494 e. The number of fused-ring (bicyclic) bond motifs is 1. The second-order valence-corrected chi connectivity index (χ2v) is 6.69. The molecule has 140 valence electrons. The molecule has 0 fully saturated rings. The number of aromatic hydroxyl groups is 1. The number of H-pyrrole nitrogens is 2. The first kappa shape index (κ1) is 18.8. The van der Waals surface area contributed by atoms with Crippen LogP contribution in [0.3, 0.4) is 0 Å². The molecule has 6 nitrogen and oxygen atoms in total. The van der Waals surface area contributed by atoms with Gasteiger partial charge >= 0.3 is 0 Å². The molecular formula is C20H22N4O2S. The van der Waals surface area contributed by atoms with Crippen LogP contribution in [0, 0.1) is 4.77 Å². The molecule has 0 saturated heterocycles. The molecular weight excluding hydrogens is 360 g/mol. The van der Waals surface area contributed by atoms with E-state index >= 15 is 0 Å². The van der Waals surface area contributed by atoms with Crippen molar-refractivity contribution in [2.24, 2.45) is 4.99 Å². The first-order valence-electron chi connectivity index (χ1n) is 8.80. The molecule has 3 N–H and O–H groups in total. The SMILES string of the molecule is C=CCn1c(O)c(C=N[C@@H](CC)Cc2c[nH]c3ccccc23)c(=O)[nH]c1=S. The van der Waals surface area contributed by atoms with Gasteiger partial charge in [0.15, 0.2) is 4.77 Å². The smallest absolute Gasteiger partial charge is 0.264 e. The monoisotopic (exact) mass is 382 g/mol. The molecule has 1 aromatic carbocycles. The number of nitrogens with zero attached hydrogens (tertiary/aromatic N) is 2. The Kier molecular flexibility index (Phi) is 5.71. The maximum absolute atomic E-state index is 12.2. The predicted octanol–water partition coefficient (Wildman–Crippen LogP) is 3.72. The van der Waals surface area contributed by atoms with E-state index in [0.717, 1.165) is 18.4 Å². The van der Waals surface area contributed by atoms with Gasteiger partial charge in [0.25, 0.3) is 5.56 Å². The molecule has 0 amide bonds. The number of aromatic nitrogens is 3. The Hall–Kier alpha value is -2.93. The summed E-state index contributed by atoms with van der Waals surface area (Å²) in [7, 11) is 0. The summed E-state index contributed by atoms with van der Waals surface area (Å²) in [5.41, 5.74) is 1.91. The molecule has 0 saturated carbocycles. The van der Waals surface area contributed by atoms with Crippen molar-refractivity contribution in [2.75, 3.05) is 0 Å². The molecule has 3 rings (SSSR count). The summed E-state index contributed by atoms with van der Waals surface area (Å²) in [5.74, 6) is -0.200. The summed E-state index contributed by atoms with van der Waals surface area (Å²) in [6.07, 6.45) is 6.57. The lowest BCUT2D eigenvalue weighted by molar-refractivity contribution is 0.413. The van der Waals surface area contributed by atoms with Crippen molar-refractivity contribution in [1.29, 1.82) is 0 Å². The van der Waals surface area contributed by atoms with Crippen LogP contribution < -0.4 is 5.56 Å². The van der Waals surface area contributed by atoms with E-state index in [1.165, 1.54) is 21.7 Å². The molecule has 0 aliphatic heterocycles. The highest BCUT2D eigenvalue weighted by molar-refractivity contribution is 7.71. The molecule has 0 radical (unpaired) electrons. The van der Waals surface area contributed by atoms with Gasteiger partial charge in [0, 0.05) is 29.9 Å². The number of aromatic amines is 2. The van der Waals surface area contributed by atoms with Gasteiger partial charge in [0.05, 0.1) is 6.04 Å². The number of para-hydroxylation sites is 1. The molecule has 0 bridgehead atoms. The van der Waals surface area contributed by atoms with Crippen molar-refractivity contribution in [2.45, 2.75) is 32.4 Å². The first-order chi connectivity index (χ1) is 13.0. The topological polar surface area (TPSA) is 86.2 Å². The van der Waals surface area contributed by atoms with Gasteiger partial charge in [-0.05, 0) is 36.7 Å². The van der Waals surface area contributed by atoms with Gasteiger partial charge in [-0.3, -0.25) is 19.3 Å². The fraction of sp³-hybridized carbons (Fsp3) is 0.250. The predicted molar refractivity (Wildman–Crippen MR) is 111 cm³/mol. The lowest BCUT2D eigenvalue weighted by Crippen LogP contribution is -2.19. The Morgan fingerprint density at radius 3 is 2.93 bits per heavy atom. The zero-order valence-electron chi connectivity index (χ0n) is 15.1. The van der Waals surface area contributed by atoms with Gasteiger partial charge < -0.3 is 10.1 Å². The molecule has 1 atom stereocenters. The average Bonchev–Trinajstić information content (AvgIpc) is 3.06. The molecule has 0 aliphatic carbocycles. The minimum absolute atomic E-state index is 0.0148. The third-order valence-electron chi connectivity index (χ3n) is 4.53. The van der Waals surface area contributed by atoms with E-state index in [2.05, 4.69) is 27.6 Å². The van der Waals surface area contributed by atoms with Crippen molar-refractivity contribution in [1.82, 2.24) is 14.5 Å². The Balaban J connectivity index is 1.89. The van der Waals surface area contributed by atoms with Gasteiger partial charge in [-0.15, -0.1) is 6.58 Å². The maximum Gasteiger partial charge on any atom is 0.264 e. The van der Waals surface area contributed by atoms with Gasteiger partial charge in [-0.25, -0.2) is 0 Å². The molecule has 0 unspecified atom stereocenters. The molecule has 2 heterocycles. The van der Waals surface area contributed by atoms with Crippen LogP contribution in [0.5, 0.6) is 5.88 Å².